The van der Waals surface area contributed by atoms with E-state index in [2.05, 4.69) is 17.3 Å². The Balaban J connectivity index is 0.00000210. The van der Waals surface area contributed by atoms with Crippen molar-refractivity contribution in [3.05, 3.63) is 53.6 Å². The molecule has 2 aliphatic rings. The molecule has 2 saturated heterocycles. The maximum Gasteiger partial charge on any atom is 0.274 e. The van der Waals surface area contributed by atoms with E-state index in [0.29, 0.717) is 24.2 Å². The van der Waals surface area contributed by atoms with Crippen LogP contribution in [0.25, 0.3) is 0 Å². The van der Waals surface area contributed by atoms with Crippen LogP contribution in [0.2, 0.25) is 0 Å². The summed E-state index contributed by atoms with van der Waals surface area (Å²) in [5.74, 6) is -0.0282. The minimum Gasteiger partial charge on any atom is -0.330 e. The number of hydrogen-bond acceptors (Lipinski definition) is 3. The van der Waals surface area contributed by atoms with E-state index in [4.69, 9.17) is 0 Å². The van der Waals surface area contributed by atoms with E-state index < -0.39 is 0 Å². The third kappa shape index (κ3) is 4.01. The summed E-state index contributed by atoms with van der Waals surface area (Å²) >= 11 is 0. The van der Waals surface area contributed by atoms with Crippen LogP contribution in [0.3, 0.4) is 0 Å². The van der Waals surface area contributed by atoms with Gasteiger partial charge in [-0.25, -0.2) is 4.39 Å². The van der Waals surface area contributed by atoms with Gasteiger partial charge in [0.1, 0.15) is 11.5 Å². The molecule has 0 saturated carbocycles. The molecule has 5 nitrogen and oxygen atoms in total. The zero-order chi connectivity index (χ0) is 18.1. The molecule has 0 radical (unpaired) electrons. The van der Waals surface area contributed by atoms with Gasteiger partial charge in [-0.05, 0) is 55.5 Å². The van der Waals surface area contributed by atoms with Crippen LogP contribution in [0, 0.1) is 11.7 Å². The van der Waals surface area contributed by atoms with Crippen molar-refractivity contribution in [1.29, 1.82) is 0 Å². The predicted octanol–water partition coefficient (Wildman–Crippen LogP) is 3.59. The number of carbonyl (C=O) groups is 1. The molecular weight excluding hydrogens is 367 g/mol. The van der Waals surface area contributed by atoms with Gasteiger partial charge >= 0.3 is 0 Å². The molecule has 2 aliphatic heterocycles. The second kappa shape index (κ2) is 8.40. The van der Waals surface area contributed by atoms with Gasteiger partial charge in [0.2, 0.25) is 0 Å². The lowest BCUT2D eigenvalue weighted by Crippen LogP contribution is -2.33. The molecular formula is C20H26ClFN4O. The topological polar surface area (TPSA) is 50.2 Å². The molecule has 1 N–H and O–H groups in total. The molecule has 146 valence electrons. The minimum atomic E-state index is -0.261. The van der Waals surface area contributed by atoms with Crippen molar-refractivity contribution in [3.8, 4) is 0 Å². The first-order valence-electron chi connectivity index (χ1n) is 9.46. The first kappa shape index (κ1) is 19.8. The molecule has 3 heterocycles. The second-order valence-electron chi connectivity index (χ2n) is 7.45. The molecule has 7 heteroatoms. The van der Waals surface area contributed by atoms with Gasteiger partial charge in [-0.2, -0.15) is 5.10 Å². The average molecular weight is 393 g/mol. The summed E-state index contributed by atoms with van der Waals surface area (Å²) in [4.78, 5) is 15.0. The first-order valence-corrected chi connectivity index (χ1v) is 9.46. The van der Waals surface area contributed by atoms with E-state index in [0.717, 1.165) is 37.9 Å². The number of likely N-dealkylation sites (tertiary alicyclic amines) is 1. The number of halogens is 2. The number of aromatic nitrogens is 2. The zero-order valence-corrected chi connectivity index (χ0v) is 16.3. The van der Waals surface area contributed by atoms with Crippen molar-refractivity contribution < 1.29 is 9.18 Å². The van der Waals surface area contributed by atoms with Crippen molar-refractivity contribution in [1.82, 2.24) is 20.0 Å². The van der Waals surface area contributed by atoms with Crippen LogP contribution in [0.15, 0.2) is 36.5 Å². The molecule has 0 aliphatic carbocycles. The van der Waals surface area contributed by atoms with Gasteiger partial charge in [-0.1, -0.05) is 19.1 Å². The summed E-state index contributed by atoms with van der Waals surface area (Å²) in [5, 5.41) is 7.94. The smallest absolute Gasteiger partial charge is 0.274 e. The van der Waals surface area contributed by atoms with E-state index in [1.54, 1.807) is 12.1 Å². The van der Waals surface area contributed by atoms with E-state index in [1.165, 1.54) is 6.07 Å². The van der Waals surface area contributed by atoms with Crippen LogP contribution in [0.4, 0.5) is 4.39 Å². The molecule has 0 bridgehead atoms. The SMILES string of the molecule is CC1CCN(C(=O)c2ccn(C3CCCNC3)n2)C1c1cccc(F)c1.Cl. The van der Waals surface area contributed by atoms with Crippen LogP contribution in [0.1, 0.15) is 54.3 Å². The maximum absolute atomic E-state index is 13.7. The summed E-state index contributed by atoms with van der Waals surface area (Å²) in [7, 11) is 0. The third-order valence-electron chi connectivity index (χ3n) is 5.62. The molecule has 1 aromatic carbocycles. The van der Waals surface area contributed by atoms with Crippen LogP contribution in [-0.2, 0) is 0 Å². The molecule has 2 aromatic rings. The van der Waals surface area contributed by atoms with Crippen molar-refractivity contribution in [2.24, 2.45) is 5.92 Å². The molecule has 4 rings (SSSR count). The summed E-state index contributed by atoms with van der Waals surface area (Å²) in [6.45, 7) is 4.74. The lowest BCUT2D eigenvalue weighted by Gasteiger charge is -2.27. The van der Waals surface area contributed by atoms with Crippen LogP contribution in [0.5, 0.6) is 0 Å². The van der Waals surface area contributed by atoms with Gasteiger partial charge in [0.05, 0.1) is 12.1 Å². The molecule has 1 amide bonds. The summed E-state index contributed by atoms with van der Waals surface area (Å²) in [6, 6.07) is 8.61. The average Bonchev–Trinajstić information content (AvgIpc) is 3.29. The number of piperidine rings is 1. The predicted molar refractivity (Wildman–Crippen MR) is 105 cm³/mol. The Morgan fingerprint density at radius 1 is 1.30 bits per heavy atom. The Morgan fingerprint density at radius 2 is 2.15 bits per heavy atom. The van der Waals surface area contributed by atoms with Crippen molar-refractivity contribution >= 4 is 18.3 Å². The summed E-state index contributed by atoms with van der Waals surface area (Å²) < 4.78 is 15.6. The number of hydrogen-bond donors (Lipinski definition) is 1. The fraction of sp³-hybridized carbons (Fsp3) is 0.500. The largest absolute Gasteiger partial charge is 0.330 e. The highest BCUT2D eigenvalue weighted by Crippen LogP contribution is 2.38. The van der Waals surface area contributed by atoms with Gasteiger partial charge < -0.3 is 10.2 Å². The lowest BCUT2D eigenvalue weighted by molar-refractivity contribution is 0.0712. The number of amides is 1. The van der Waals surface area contributed by atoms with Gasteiger partial charge in [0.15, 0.2) is 0 Å². The van der Waals surface area contributed by atoms with Crippen LogP contribution in [-0.4, -0.2) is 40.2 Å². The summed E-state index contributed by atoms with van der Waals surface area (Å²) in [5.41, 5.74) is 1.34. The van der Waals surface area contributed by atoms with Gasteiger partial charge in [-0.3, -0.25) is 9.48 Å². The molecule has 3 unspecified atom stereocenters. The zero-order valence-electron chi connectivity index (χ0n) is 15.5. The van der Waals surface area contributed by atoms with E-state index in [9.17, 15) is 9.18 Å². The number of benzene rings is 1. The Morgan fingerprint density at radius 3 is 2.89 bits per heavy atom. The molecule has 2 fully saturated rings. The quantitative estimate of drug-likeness (QED) is 0.868. The van der Waals surface area contributed by atoms with E-state index in [1.807, 2.05) is 27.9 Å². The van der Waals surface area contributed by atoms with Crippen LogP contribution < -0.4 is 5.32 Å². The Labute approximate surface area is 165 Å². The Bertz CT molecular complexity index is 790. The van der Waals surface area contributed by atoms with Crippen molar-refractivity contribution in [2.75, 3.05) is 19.6 Å². The minimum absolute atomic E-state index is 0. The maximum atomic E-state index is 13.7. The molecule has 27 heavy (non-hydrogen) atoms. The van der Waals surface area contributed by atoms with Gasteiger partial charge in [0.25, 0.3) is 5.91 Å². The fourth-order valence-corrected chi connectivity index (χ4v) is 4.24. The summed E-state index contributed by atoms with van der Waals surface area (Å²) in [6.07, 6.45) is 5.02. The first-order chi connectivity index (χ1) is 12.6. The lowest BCUT2D eigenvalue weighted by atomic mass is 9.95. The van der Waals surface area contributed by atoms with Crippen LogP contribution >= 0.6 is 12.4 Å². The van der Waals surface area contributed by atoms with E-state index in [-0.39, 0.29) is 30.2 Å². The monoisotopic (exact) mass is 392 g/mol. The Hall–Kier alpha value is -1.92. The molecule has 0 spiro atoms. The number of nitrogens with zero attached hydrogens (tertiary/aromatic N) is 3. The van der Waals surface area contributed by atoms with Gasteiger partial charge in [-0.15, -0.1) is 12.4 Å². The normalized spacial score (nSPS) is 25.3. The van der Waals surface area contributed by atoms with Crippen molar-refractivity contribution in [3.63, 3.8) is 0 Å². The van der Waals surface area contributed by atoms with Gasteiger partial charge in [0, 0.05) is 19.3 Å². The van der Waals surface area contributed by atoms with E-state index >= 15 is 0 Å². The van der Waals surface area contributed by atoms with Crippen molar-refractivity contribution in [2.45, 2.75) is 38.3 Å². The highest BCUT2D eigenvalue weighted by Gasteiger charge is 2.37. The standard InChI is InChI=1S/C20H25FN4O.ClH/c1-14-7-10-24(19(14)15-4-2-5-16(21)12-15)20(26)18-8-11-25(23-18)17-6-3-9-22-13-17;/h2,4-5,8,11-12,14,17,19,22H,3,6-7,9-10,13H2,1H3;1H. The second-order valence-corrected chi connectivity index (χ2v) is 7.45. The number of rotatable bonds is 3. The highest BCUT2D eigenvalue weighted by atomic mass is 35.5. The Kier molecular flexibility index (Phi) is 6.17. The highest BCUT2D eigenvalue weighted by molar-refractivity contribution is 5.92. The fourth-order valence-electron chi connectivity index (χ4n) is 4.24. The number of nitrogens with one attached hydrogen (secondary N) is 1. The third-order valence-corrected chi connectivity index (χ3v) is 5.62. The number of carbonyl (C=O) groups excluding carboxylic acids is 1. The molecule has 3 atom stereocenters. The molecule has 1 aromatic heterocycles.